The maximum atomic E-state index is 12.6. The summed E-state index contributed by atoms with van der Waals surface area (Å²) in [7, 11) is 2.07. The lowest BCUT2D eigenvalue weighted by Crippen LogP contribution is -2.18. The first-order valence-corrected chi connectivity index (χ1v) is 11.4. The van der Waals surface area contributed by atoms with Crippen LogP contribution in [0.2, 0.25) is 5.02 Å². The van der Waals surface area contributed by atoms with E-state index in [1.807, 2.05) is 72.9 Å². The van der Waals surface area contributed by atoms with Gasteiger partial charge in [0.15, 0.2) is 0 Å². The van der Waals surface area contributed by atoms with Crippen molar-refractivity contribution in [1.82, 2.24) is 14.5 Å². The predicted molar refractivity (Wildman–Crippen MR) is 137 cm³/mol. The van der Waals surface area contributed by atoms with Crippen LogP contribution in [-0.4, -0.2) is 28.0 Å². The molecule has 0 bridgehead atoms. The minimum Gasteiger partial charge on any atom is -0.489 e. The second kappa shape index (κ2) is 11.5. The lowest BCUT2D eigenvalue weighted by Gasteiger charge is -2.13. The second-order valence-electron chi connectivity index (χ2n) is 8.00. The van der Waals surface area contributed by atoms with Gasteiger partial charge in [0.1, 0.15) is 12.4 Å². The van der Waals surface area contributed by atoms with Gasteiger partial charge in [-0.15, -0.1) is 0 Å². The molecule has 34 heavy (non-hydrogen) atoms. The van der Waals surface area contributed by atoms with E-state index in [0.717, 1.165) is 35.6 Å². The Morgan fingerprint density at radius 2 is 1.82 bits per heavy atom. The summed E-state index contributed by atoms with van der Waals surface area (Å²) in [4.78, 5) is 19.2. The normalized spacial score (nSPS) is 11.3. The van der Waals surface area contributed by atoms with Crippen LogP contribution in [0.25, 0.3) is 11.8 Å². The fourth-order valence-electron chi connectivity index (χ4n) is 3.46. The summed E-state index contributed by atoms with van der Waals surface area (Å²) in [5.41, 5.74) is 3.77. The summed E-state index contributed by atoms with van der Waals surface area (Å²) in [5.74, 6) is 0.533. The largest absolute Gasteiger partial charge is 0.489 e. The van der Waals surface area contributed by atoms with Crippen LogP contribution in [0.1, 0.15) is 16.8 Å². The molecule has 0 spiro atoms. The highest BCUT2D eigenvalue weighted by Crippen LogP contribution is 2.15. The molecule has 0 unspecified atom stereocenters. The van der Waals surface area contributed by atoms with Crippen molar-refractivity contribution in [3.63, 3.8) is 0 Å². The number of nitrogens with zero attached hydrogens (tertiary/aromatic N) is 3. The maximum Gasteiger partial charge on any atom is 0.258 e. The van der Waals surface area contributed by atoms with Gasteiger partial charge >= 0.3 is 0 Å². The Morgan fingerprint density at radius 1 is 1.03 bits per heavy atom. The number of pyridine rings is 2. The Hall–Kier alpha value is -3.67. The van der Waals surface area contributed by atoms with E-state index in [1.54, 1.807) is 16.8 Å². The lowest BCUT2D eigenvalue weighted by atomic mass is 10.2. The molecule has 0 amide bonds. The summed E-state index contributed by atoms with van der Waals surface area (Å²) >= 11 is 5.91. The lowest BCUT2D eigenvalue weighted by molar-refractivity contribution is 0.305. The number of likely N-dealkylation sites (N-methyl/N-ethyl adjacent to an activating group) is 1. The molecule has 0 aliphatic heterocycles. The number of benzene rings is 2. The van der Waals surface area contributed by atoms with Gasteiger partial charge in [-0.3, -0.25) is 19.2 Å². The number of rotatable bonds is 9. The van der Waals surface area contributed by atoms with Gasteiger partial charge in [0.25, 0.3) is 5.56 Å². The average molecular weight is 472 g/mol. The van der Waals surface area contributed by atoms with Crippen molar-refractivity contribution in [1.29, 1.82) is 0 Å². The van der Waals surface area contributed by atoms with E-state index >= 15 is 0 Å². The first-order chi connectivity index (χ1) is 16.6. The van der Waals surface area contributed by atoms with Gasteiger partial charge < -0.3 is 4.74 Å². The third-order valence-electron chi connectivity index (χ3n) is 5.27. The highest BCUT2D eigenvalue weighted by atomic mass is 35.5. The smallest absolute Gasteiger partial charge is 0.258 e. The van der Waals surface area contributed by atoms with E-state index in [0.29, 0.717) is 17.4 Å². The fraction of sp³-hybridized carbons (Fsp3) is 0.143. The molecule has 0 aliphatic carbocycles. The zero-order valence-corrected chi connectivity index (χ0v) is 19.7. The van der Waals surface area contributed by atoms with E-state index in [1.165, 1.54) is 6.07 Å². The van der Waals surface area contributed by atoms with Gasteiger partial charge in [-0.1, -0.05) is 54.1 Å². The third-order valence-corrected chi connectivity index (χ3v) is 5.52. The molecule has 0 saturated carbocycles. The topological polar surface area (TPSA) is 47.4 Å². The van der Waals surface area contributed by atoms with Crippen LogP contribution in [0.15, 0.2) is 102 Å². The summed E-state index contributed by atoms with van der Waals surface area (Å²) in [5, 5.41) is 0.681. The van der Waals surface area contributed by atoms with Crippen molar-refractivity contribution in [2.24, 2.45) is 0 Å². The van der Waals surface area contributed by atoms with Crippen LogP contribution in [0.3, 0.4) is 0 Å². The zero-order valence-electron chi connectivity index (χ0n) is 19.0. The molecule has 0 aliphatic rings. The fourth-order valence-corrected chi connectivity index (χ4v) is 3.58. The molecule has 4 rings (SSSR count). The molecule has 5 nitrogen and oxygen atoms in total. The van der Waals surface area contributed by atoms with Gasteiger partial charge in [-0.25, -0.2) is 0 Å². The van der Waals surface area contributed by atoms with Crippen LogP contribution >= 0.6 is 11.6 Å². The first-order valence-electron chi connectivity index (χ1n) is 11.0. The van der Waals surface area contributed by atoms with Crippen LogP contribution in [0, 0.1) is 0 Å². The Labute approximate surface area is 204 Å². The molecule has 2 aromatic heterocycles. The molecule has 0 N–H and O–H groups in total. The zero-order chi connectivity index (χ0) is 23.8. The van der Waals surface area contributed by atoms with Crippen molar-refractivity contribution in [2.45, 2.75) is 13.2 Å². The van der Waals surface area contributed by atoms with Gasteiger partial charge in [-0.2, -0.15) is 0 Å². The highest BCUT2D eigenvalue weighted by molar-refractivity contribution is 6.30. The Morgan fingerprint density at radius 3 is 2.53 bits per heavy atom. The monoisotopic (exact) mass is 471 g/mol. The quantitative estimate of drug-likeness (QED) is 0.318. The van der Waals surface area contributed by atoms with Gasteiger partial charge in [-0.05, 0) is 60.6 Å². The SMILES string of the molecule is CN(C/C=C/c1ccc(-n2ccc(OCc3ccc(Cl)cc3)cc2=O)cc1)Cc1ccccn1. The van der Waals surface area contributed by atoms with Crippen LogP contribution in [-0.2, 0) is 13.2 Å². The number of halogens is 1. The molecular weight excluding hydrogens is 446 g/mol. The summed E-state index contributed by atoms with van der Waals surface area (Å²) < 4.78 is 7.35. The molecule has 0 atom stereocenters. The minimum absolute atomic E-state index is 0.145. The van der Waals surface area contributed by atoms with Crippen molar-refractivity contribution in [2.75, 3.05) is 13.6 Å². The van der Waals surface area contributed by atoms with Crippen molar-refractivity contribution < 1.29 is 4.74 Å². The van der Waals surface area contributed by atoms with E-state index < -0.39 is 0 Å². The molecule has 172 valence electrons. The van der Waals surface area contributed by atoms with Gasteiger partial charge in [0.2, 0.25) is 0 Å². The molecule has 0 saturated heterocycles. The molecule has 0 radical (unpaired) electrons. The minimum atomic E-state index is -0.145. The highest BCUT2D eigenvalue weighted by Gasteiger charge is 2.04. The number of hydrogen-bond donors (Lipinski definition) is 0. The third kappa shape index (κ3) is 6.67. The molecule has 6 heteroatoms. The predicted octanol–water partition coefficient (Wildman–Crippen LogP) is 5.61. The van der Waals surface area contributed by atoms with Gasteiger partial charge in [0.05, 0.1) is 5.69 Å². The van der Waals surface area contributed by atoms with E-state index in [9.17, 15) is 4.79 Å². The van der Waals surface area contributed by atoms with Crippen LogP contribution < -0.4 is 10.3 Å². The van der Waals surface area contributed by atoms with Crippen LogP contribution in [0.4, 0.5) is 0 Å². The number of aromatic nitrogens is 2. The van der Waals surface area contributed by atoms with Crippen molar-refractivity contribution in [3.05, 3.63) is 130 Å². The molecule has 0 fully saturated rings. The van der Waals surface area contributed by atoms with Gasteiger partial charge in [0, 0.05) is 42.3 Å². The maximum absolute atomic E-state index is 12.6. The van der Waals surface area contributed by atoms with E-state index in [-0.39, 0.29) is 5.56 Å². The van der Waals surface area contributed by atoms with Crippen LogP contribution in [0.5, 0.6) is 5.75 Å². The Bertz CT molecular complexity index is 1280. The number of hydrogen-bond acceptors (Lipinski definition) is 4. The molecule has 2 aromatic carbocycles. The molecule has 2 heterocycles. The Kier molecular flexibility index (Phi) is 7.91. The molecular formula is C28H26ClN3O2. The first kappa shape index (κ1) is 23.5. The number of ether oxygens (including phenoxy) is 1. The summed E-state index contributed by atoms with van der Waals surface area (Å²) in [6.07, 6.45) is 7.75. The molecule has 4 aromatic rings. The van der Waals surface area contributed by atoms with Crippen molar-refractivity contribution >= 4 is 17.7 Å². The van der Waals surface area contributed by atoms with E-state index in [2.05, 4.69) is 29.1 Å². The summed E-state index contributed by atoms with van der Waals surface area (Å²) in [6.45, 7) is 1.99. The average Bonchev–Trinajstić information content (AvgIpc) is 2.85. The summed E-state index contributed by atoms with van der Waals surface area (Å²) in [6, 6.07) is 24.6. The van der Waals surface area contributed by atoms with Crippen molar-refractivity contribution in [3.8, 4) is 11.4 Å². The second-order valence-corrected chi connectivity index (χ2v) is 8.43. The van der Waals surface area contributed by atoms with E-state index in [4.69, 9.17) is 16.3 Å². The standard InChI is InChI=1S/C28H26ClN3O2/c1-31(20-25-6-2-3-16-30-25)17-4-5-22-9-13-26(14-10-22)32-18-15-27(19-28(32)33)34-21-23-7-11-24(29)12-8-23/h2-16,18-19H,17,20-21H2,1H3/b5-4+. The Balaban J connectivity index is 1.33.